The summed E-state index contributed by atoms with van der Waals surface area (Å²) in [5.41, 5.74) is -0.336. The largest absolute Gasteiger partial charge is 0.454 e. The Morgan fingerprint density at radius 3 is 2.41 bits per heavy atom. The molecule has 2 aromatic carbocycles. The van der Waals surface area contributed by atoms with Crippen molar-refractivity contribution < 1.29 is 24.0 Å². The summed E-state index contributed by atoms with van der Waals surface area (Å²) in [6.07, 6.45) is 0. The molecule has 0 aliphatic rings. The number of hydrogen-bond acceptors (Lipinski definition) is 6. The van der Waals surface area contributed by atoms with E-state index in [-0.39, 0.29) is 32.0 Å². The molecule has 0 heterocycles. The molecule has 29 heavy (non-hydrogen) atoms. The van der Waals surface area contributed by atoms with Crippen LogP contribution in [0.25, 0.3) is 0 Å². The number of nitrogens with one attached hydrogen (secondary N) is 2. The second kappa shape index (κ2) is 10.1. The number of amides is 2. The molecule has 0 bridgehead atoms. The Morgan fingerprint density at radius 2 is 1.76 bits per heavy atom. The lowest BCUT2D eigenvalue weighted by Gasteiger charge is -2.08. The predicted molar refractivity (Wildman–Crippen MR) is 106 cm³/mol. The average Bonchev–Trinajstić information content (AvgIpc) is 2.66. The molecule has 2 N–H and O–H groups in total. The molecule has 0 radical (unpaired) electrons. The fourth-order valence-corrected chi connectivity index (χ4v) is 2.51. The van der Waals surface area contributed by atoms with E-state index in [2.05, 4.69) is 10.6 Å². The first-order valence-corrected chi connectivity index (χ1v) is 8.93. The minimum atomic E-state index is -0.894. The molecule has 0 unspecified atom stereocenters. The van der Waals surface area contributed by atoms with Gasteiger partial charge in [-0.3, -0.25) is 24.5 Å². The Kier molecular flexibility index (Phi) is 7.77. The maximum absolute atomic E-state index is 11.9. The van der Waals surface area contributed by atoms with Crippen LogP contribution in [0.3, 0.4) is 0 Å². The molecule has 0 aliphatic heterocycles. The van der Waals surface area contributed by atoms with Crippen molar-refractivity contribution in [2.24, 2.45) is 0 Å². The van der Waals surface area contributed by atoms with Gasteiger partial charge in [-0.1, -0.05) is 34.8 Å². The van der Waals surface area contributed by atoms with E-state index in [9.17, 15) is 24.5 Å². The van der Waals surface area contributed by atoms with Crippen molar-refractivity contribution in [3.63, 3.8) is 0 Å². The van der Waals surface area contributed by atoms with Crippen LogP contribution in [0.15, 0.2) is 36.4 Å². The number of rotatable bonds is 7. The average molecular weight is 461 g/mol. The van der Waals surface area contributed by atoms with Gasteiger partial charge in [0, 0.05) is 16.7 Å². The molecule has 152 valence electrons. The highest BCUT2D eigenvalue weighted by molar-refractivity contribution is 6.42. The second-order valence-corrected chi connectivity index (χ2v) is 6.69. The van der Waals surface area contributed by atoms with Gasteiger partial charge >= 0.3 is 5.97 Å². The topological polar surface area (TPSA) is 128 Å². The molecule has 9 nitrogen and oxygen atoms in total. The third-order valence-corrected chi connectivity index (χ3v) is 4.34. The number of halogens is 3. The van der Waals surface area contributed by atoms with Crippen molar-refractivity contribution >= 4 is 64.0 Å². The first-order chi connectivity index (χ1) is 13.7. The van der Waals surface area contributed by atoms with Crippen LogP contribution in [0.1, 0.15) is 10.4 Å². The van der Waals surface area contributed by atoms with E-state index in [1.165, 1.54) is 30.3 Å². The van der Waals surface area contributed by atoms with Gasteiger partial charge in [-0.25, -0.2) is 0 Å². The summed E-state index contributed by atoms with van der Waals surface area (Å²) < 4.78 is 4.72. The molecule has 2 amide bonds. The van der Waals surface area contributed by atoms with Crippen LogP contribution in [-0.4, -0.2) is 35.9 Å². The van der Waals surface area contributed by atoms with Gasteiger partial charge in [0.1, 0.15) is 12.2 Å². The molecular weight excluding hydrogens is 449 g/mol. The van der Waals surface area contributed by atoms with Gasteiger partial charge in [0.15, 0.2) is 6.61 Å². The predicted octanol–water partition coefficient (Wildman–Crippen LogP) is 3.47. The van der Waals surface area contributed by atoms with Crippen molar-refractivity contribution in [3.8, 4) is 0 Å². The summed E-state index contributed by atoms with van der Waals surface area (Å²) in [6.45, 7) is -1.23. The third-order valence-electron chi connectivity index (χ3n) is 3.37. The van der Waals surface area contributed by atoms with Gasteiger partial charge in [-0.2, -0.15) is 0 Å². The van der Waals surface area contributed by atoms with Crippen LogP contribution in [0.4, 0.5) is 11.4 Å². The fourth-order valence-electron chi connectivity index (χ4n) is 2.04. The zero-order valence-corrected chi connectivity index (χ0v) is 16.7. The highest BCUT2D eigenvalue weighted by Gasteiger charge is 2.17. The van der Waals surface area contributed by atoms with Crippen LogP contribution < -0.4 is 10.6 Å². The van der Waals surface area contributed by atoms with E-state index in [4.69, 9.17) is 39.5 Å². The molecule has 12 heteroatoms. The Balaban J connectivity index is 1.84. The number of nitrogens with zero attached hydrogens (tertiary/aromatic N) is 1. The van der Waals surface area contributed by atoms with Crippen molar-refractivity contribution in [2.75, 3.05) is 18.5 Å². The lowest BCUT2D eigenvalue weighted by atomic mass is 10.2. The summed E-state index contributed by atoms with van der Waals surface area (Å²) in [5.74, 6) is -2.31. The highest BCUT2D eigenvalue weighted by Crippen LogP contribution is 2.27. The molecular formula is C17H12Cl3N3O6. The third kappa shape index (κ3) is 6.60. The molecule has 0 aromatic heterocycles. The maximum atomic E-state index is 11.9. The number of carbonyl (C=O) groups excluding carboxylic acids is 3. The number of carbonyl (C=O) groups is 3. The van der Waals surface area contributed by atoms with E-state index < -0.39 is 35.9 Å². The zero-order valence-electron chi connectivity index (χ0n) is 14.4. The SMILES string of the molecule is O=C(COC(=O)CNC(=O)c1ccc(Cl)c(Cl)c1)Nc1cc(Cl)ccc1[N+](=O)[O-]. The smallest absolute Gasteiger partial charge is 0.325 e. The summed E-state index contributed by atoms with van der Waals surface area (Å²) in [7, 11) is 0. The van der Waals surface area contributed by atoms with Crippen molar-refractivity contribution in [1.82, 2.24) is 5.32 Å². The van der Waals surface area contributed by atoms with Crippen molar-refractivity contribution in [1.29, 1.82) is 0 Å². The van der Waals surface area contributed by atoms with Crippen LogP contribution in [0.2, 0.25) is 15.1 Å². The Labute approximate surface area is 179 Å². The van der Waals surface area contributed by atoms with E-state index in [1.54, 1.807) is 0 Å². The maximum Gasteiger partial charge on any atom is 0.325 e. The summed E-state index contributed by atoms with van der Waals surface area (Å²) in [4.78, 5) is 45.8. The number of nitro benzene ring substituents is 1. The molecule has 0 aliphatic carbocycles. The fraction of sp³-hybridized carbons (Fsp3) is 0.118. The zero-order chi connectivity index (χ0) is 21.6. The summed E-state index contributed by atoms with van der Waals surface area (Å²) >= 11 is 17.3. The minimum Gasteiger partial charge on any atom is -0.454 e. The van der Waals surface area contributed by atoms with E-state index in [0.29, 0.717) is 0 Å². The van der Waals surface area contributed by atoms with E-state index >= 15 is 0 Å². The number of nitro groups is 1. The Morgan fingerprint density at radius 1 is 1.03 bits per heavy atom. The lowest BCUT2D eigenvalue weighted by Crippen LogP contribution is -2.32. The molecule has 2 rings (SSSR count). The molecule has 0 fully saturated rings. The van der Waals surface area contributed by atoms with Gasteiger partial charge in [-0.15, -0.1) is 0 Å². The first-order valence-electron chi connectivity index (χ1n) is 7.80. The number of hydrogen-bond donors (Lipinski definition) is 2. The highest BCUT2D eigenvalue weighted by atomic mass is 35.5. The van der Waals surface area contributed by atoms with Gasteiger partial charge in [0.2, 0.25) is 0 Å². The standard InChI is InChI=1S/C17H12Cl3N3O6/c18-10-2-4-14(23(27)28)13(6-10)22-15(24)8-29-16(25)7-21-17(26)9-1-3-11(19)12(20)5-9/h1-6H,7-8H2,(H,21,26)(H,22,24). The van der Waals surface area contributed by atoms with Gasteiger partial charge in [-0.05, 0) is 30.3 Å². The van der Waals surface area contributed by atoms with Crippen molar-refractivity contribution in [2.45, 2.75) is 0 Å². The quantitative estimate of drug-likeness (QED) is 0.370. The lowest BCUT2D eigenvalue weighted by molar-refractivity contribution is -0.383. The monoisotopic (exact) mass is 459 g/mol. The van der Waals surface area contributed by atoms with Crippen LogP contribution in [0, 0.1) is 10.1 Å². The molecule has 0 saturated carbocycles. The minimum absolute atomic E-state index is 0.142. The Bertz CT molecular complexity index is 983. The number of anilines is 1. The number of esters is 1. The summed E-state index contributed by atoms with van der Waals surface area (Å²) in [6, 6.07) is 7.79. The van der Waals surface area contributed by atoms with Crippen LogP contribution in [-0.2, 0) is 14.3 Å². The molecule has 0 saturated heterocycles. The molecule has 0 spiro atoms. The van der Waals surface area contributed by atoms with E-state index in [1.807, 2.05) is 0 Å². The summed E-state index contributed by atoms with van der Waals surface area (Å²) in [5, 5.41) is 16.1. The molecule has 0 atom stereocenters. The van der Waals surface area contributed by atoms with Crippen LogP contribution in [0.5, 0.6) is 0 Å². The number of ether oxygens (including phenoxy) is 1. The van der Waals surface area contributed by atoms with Crippen molar-refractivity contribution in [3.05, 3.63) is 67.1 Å². The Hall–Kier alpha value is -2.88. The second-order valence-electron chi connectivity index (χ2n) is 5.44. The number of benzene rings is 2. The van der Waals surface area contributed by atoms with Gasteiger partial charge in [0.05, 0.1) is 15.0 Å². The molecule has 2 aromatic rings. The van der Waals surface area contributed by atoms with Gasteiger partial charge in [0.25, 0.3) is 17.5 Å². The van der Waals surface area contributed by atoms with E-state index in [0.717, 1.165) is 6.07 Å². The first kappa shape index (κ1) is 22.4. The normalized spacial score (nSPS) is 10.2. The van der Waals surface area contributed by atoms with Gasteiger partial charge < -0.3 is 15.4 Å². The van der Waals surface area contributed by atoms with Crippen LogP contribution >= 0.6 is 34.8 Å².